The predicted molar refractivity (Wildman–Crippen MR) is 118 cm³/mol. The Kier molecular flexibility index (Phi) is 5.39. The standard InChI is InChI=1S/C23H22N6O2/c30-23(26-21-3-1-2-6-25-21)22-19-12-17(4-5-20(19)27-28-22)18-11-16(13-24-14-18)15-29-7-9-31-10-8-29/h1-6,11-14H,7-10,15H2,(H,27,28)(H,25,26,30). The van der Waals surface area contributed by atoms with Gasteiger partial charge in [-0.2, -0.15) is 5.10 Å². The molecule has 8 heteroatoms. The lowest BCUT2D eigenvalue weighted by Gasteiger charge is -2.26. The van der Waals surface area contributed by atoms with Gasteiger partial charge in [0, 0.05) is 49.2 Å². The number of amides is 1. The van der Waals surface area contributed by atoms with E-state index in [1.807, 2.05) is 36.7 Å². The van der Waals surface area contributed by atoms with Crippen molar-refractivity contribution in [2.45, 2.75) is 6.54 Å². The Morgan fingerprint density at radius 3 is 2.84 bits per heavy atom. The van der Waals surface area contributed by atoms with Crippen molar-refractivity contribution < 1.29 is 9.53 Å². The van der Waals surface area contributed by atoms with Crippen molar-refractivity contribution in [3.05, 3.63) is 72.3 Å². The third kappa shape index (κ3) is 4.30. The SMILES string of the molecule is O=C(Nc1ccccn1)c1n[nH]c2ccc(-c3cncc(CN4CCOCC4)c3)cc12. The molecule has 0 atom stereocenters. The van der Waals surface area contributed by atoms with Crippen LogP contribution in [0.3, 0.4) is 0 Å². The number of nitrogens with zero attached hydrogens (tertiary/aromatic N) is 4. The summed E-state index contributed by atoms with van der Waals surface area (Å²) < 4.78 is 5.43. The number of aromatic nitrogens is 4. The second kappa shape index (κ2) is 8.63. The number of fused-ring (bicyclic) bond motifs is 1. The van der Waals surface area contributed by atoms with E-state index in [1.54, 1.807) is 18.3 Å². The normalized spacial score (nSPS) is 14.6. The summed E-state index contributed by atoms with van der Waals surface area (Å²) in [5.74, 6) is 0.182. The molecule has 5 rings (SSSR count). The zero-order valence-corrected chi connectivity index (χ0v) is 16.9. The van der Waals surface area contributed by atoms with Gasteiger partial charge in [-0.1, -0.05) is 12.1 Å². The summed E-state index contributed by atoms with van der Waals surface area (Å²) in [6.07, 6.45) is 5.38. The Hall–Kier alpha value is -3.62. The van der Waals surface area contributed by atoms with Crippen LogP contribution < -0.4 is 5.32 Å². The summed E-state index contributed by atoms with van der Waals surface area (Å²) >= 11 is 0. The van der Waals surface area contributed by atoms with E-state index in [0.717, 1.165) is 60.4 Å². The molecule has 0 spiro atoms. The fraction of sp³-hybridized carbons (Fsp3) is 0.217. The van der Waals surface area contributed by atoms with E-state index in [-0.39, 0.29) is 5.91 Å². The Morgan fingerprint density at radius 2 is 2.00 bits per heavy atom. The fourth-order valence-corrected chi connectivity index (χ4v) is 3.73. The third-order valence-electron chi connectivity index (χ3n) is 5.32. The highest BCUT2D eigenvalue weighted by Crippen LogP contribution is 2.26. The highest BCUT2D eigenvalue weighted by molar-refractivity contribution is 6.11. The first-order chi connectivity index (χ1) is 15.3. The molecule has 1 saturated heterocycles. The number of ether oxygens (including phenoxy) is 1. The van der Waals surface area contributed by atoms with Gasteiger partial charge in [0.2, 0.25) is 0 Å². The first-order valence-electron chi connectivity index (χ1n) is 10.2. The number of anilines is 1. The average Bonchev–Trinajstić information content (AvgIpc) is 3.24. The molecule has 0 unspecified atom stereocenters. The minimum Gasteiger partial charge on any atom is -0.379 e. The predicted octanol–water partition coefficient (Wildman–Crippen LogP) is 3.10. The van der Waals surface area contributed by atoms with Gasteiger partial charge in [0.25, 0.3) is 5.91 Å². The van der Waals surface area contributed by atoms with E-state index in [4.69, 9.17) is 4.74 Å². The maximum Gasteiger partial charge on any atom is 0.277 e. The van der Waals surface area contributed by atoms with Gasteiger partial charge in [-0.15, -0.1) is 0 Å². The summed E-state index contributed by atoms with van der Waals surface area (Å²) in [6.45, 7) is 4.25. The number of aromatic amines is 1. The van der Waals surface area contributed by atoms with Crippen LogP contribution in [0.2, 0.25) is 0 Å². The molecular formula is C23H22N6O2. The van der Waals surface area contributed by atoms with E-state index in [1.165, 1.54) is 0 Å². The van der Waals surface area contributed by atoms with Crippen molar-refractivity contribution in [2.75, 3.05) is 31.6 Å². The van der Waals surface area contributed by atoms with Crippen molar-refractivity contribution in [3.63, 3.8) is 0 Å². The van der Waals surface area contributed by atoms with Gasteiger partial charge in [0.05, 0.1) is 18.7 Å². The van der Waals surface area contributed by atoms with Crippen molar-refractivity contribution in [3.8, 4) is 11.1 Å². The van der Waals surface area contributed by atoms with Crippen molar-refractivity contribution >= 4 is 22.6 Å². The molecule has 8 nitrogen and oxygen atoms in total. The molecule has 0 aliphatic carbocycles. The van der Waals surface area contributed by atoms with Crippen LogP contribution in [0.25, 0.3) is 22.0 Å². The number of carbonyl (C=O) groups excluding carboxylic acids is 1. The van der Waals surface area contributed by atoms with E-state index in [2.05, 4.69) is 36.4 Å². The smallest absolute Gasteiger partial charge is 0.277 e. The third-order valence-corrected chi connectivity index (χ3v) is 5.32. The molecule has 4 heterocycles. The summed E-state index contributed by atoms with van der Waals surface area (Å²) in [4.78, 5) is 23.7. The number of H-pyrrole nitrogens is 1. The molecule has 3 aromatic heterocycles. The summed E-state index contributed by atoms with van der Waals surface area (Å²) in [6, 6.07) is 13.4. The lowest BCUT2D eigenvalue weighted by Crippen LogP contribution is -2.35. The maximum absolute atomic E-state index is 12.8. The van der Waals surface area contributed by atoms with Crippen LogP contribution in [-0.4, -0.2) is 57.3 Å². The first kappa shape index (κ1) is 19.3. The van der Waals surface area contributed by atoms with E-state index in [0.29, 0.717) is 11.5 Å². The second-order valence-electron chi connectivity index (χ2n) is 7.47. The monoisotopic (exact) mass is 414 g/mol. The van der Waals surface area contributed by atoms with Crippen LogP contribution in [0.1, 0.15) is 16.1 Å². The molecule has 1 amide bonds. The number of hydrogen-bond donors (Lipinski definition) is 2. The molecule has 2 N–H and O–H groups in total. The molecule has 0 saturated carbocycles. The lowest BCUT2D eigenvalue weighted by atomic mass is 10.0. The zero-order valence-electron chi connectivity index (χ0n) is 16.9. The summed E-state index contributed by atoms with van der Waals surface area (Å²) in [7, 11) is 0. The zero-order chi connectivity index (χ0) is 21.0. The number of morpholine rings is 1. The van der Waals surface area contributed by atoms with E-state index >= 15 is 0 Å². The largest absolute Gasteiger partial charge is 0.379 e. The average molecular weight is 414 g/mol. The van der Waals surface area contributed by atoms with Gasteiger partial charge in [-0.3, -0.25) is 19.8 Å². The van der Waals surface area contributed by atoms with E-state index in [9.17, 15) is 4.79 Å². The Labute approximate surface area is 179 Å². The van der Waals surface area contributed by atoms with Gasteiger partial charge >= 0.3 is 0 Å². The molecule has 4 aromatic rings. The Morgan fingerprint density at radius 1 is 1.10 bits per heavy atom. The summed E-state index contributed by atoms with van der Waals surface area (Å²) in [5, 5.41) is 10.7. The van der Waals surface area contributed by atoms with Crippen LogP contribution in [-0.2, 0) is 11.3 Å². The molecule has 1 fully saturated rings. The molecule has 0 radical (unpaired) electrons. The lowest BCUT2D eigenvalue weighted by molar-refractivity contribution is 0.0341. The van der Waals surface area contributed by atoms with Crippen molar-refractivity contribution in [1.29, 1.82) is 0 Å². The Balaban J connectivity index is 1.41. The highest BCUT2D eigenvalue weighted by Gasteiger charge is 2.16. The first-order valence-corrected chi connectivity index (χ1v) is 10.2. The van der Waals surface area contributed by atoms with E-state index < -0.39 is 0 Å². The number of pyridine rings is 2. The van der Waals surface area contributed by atoms with Crippen LogP contribution in [0.4, 0.5) is 5.82 Å². The molecule has 1 aliphatic rings. The molecule has 1 aliphatic heterocycles. The number of rotatable bonds is 5. The number of hydrogen-bond acceptors (Lipinski definition) is 6. The van der Waals surface area contributed by atoms with Gasteiger partial charge in [-0.05, 0) is 41.5 Å². The minimum absolute atomic E-state index is 0.304. The minimum atomic E-state index is -0.304. The van der Waals surface area contributed by atoms with Crippen LogP contribution in [0.15, 0.2) is 61.1 Å². The highest BCUT2D eigenvalue weighted by atomic mass is 16.5. The van der Waals surface area contributed by atoms with Gasteiger partial charge in [0.1, 0.15) is 5.82 Å². The maximum atomic E-state index is 12.8. The molecular weight excluding hydrogens is 392 g/mol. The van der Waals surface area contributed by atoms with Crippen LogP contribution in [0, 0.1) is 0 Å². The van der Waals surface area contributed by atoms with Crippen molar-refractivity contribution in [2.24, 2.45) is 0 Å². The van der Waals surface area contributed by atoms with Gasteiger partial charge in [-0.25, -0.2) is 4.98 Å². The fourth-order valence-electron chi connectivity index (χ4n) is 3.73. The second-order valence-corrected chi connectivity index (χ2v) is 7.47. The van der Waals surface area contributed by atoms with Crippen molar-refractivity contribution in [1.82, 2.24) is 25.1 Å². The number of benzene rings is 1. The van der Waals surface area contributed by atoms with Crippen LogP contribution >= 0.6 is 0 Å². The number of nitrogens with one attached hydrogen (secondary N) is 2. The molecule has 156 valence electrons. The van der Waals surface area contributed by atoms with Gasteiger partial charge < -0.3 is 10.1 Å². The quantitative estimate of drug-likeness (QED) is 0.521. The number of carbonyl (C=O) groups is 1. The summed E-state index contributed by atoms with van der Waals surface area (Å²) in [5.41, 5.74) is 4.27. The van der Waals surface area contributed by atoms with Crippen LogP contribution in [0.5, 0.6) is 0 Å². The van der Waals surface area contributed by atoms with Gasteiger partial charge in [0.15, 0.2) is 5.69 Å². The Bertz CT molecular complexity index is 1200. The molecule has 0 bridgehead atoms. The molecule has 31 heavy (non-hydrogen) atoms. The molecule has 1 aromatic carbocycles. The topological polar surface area (TPSA) is 96.0 Å².